The van der Waals surface area contributed by atoms with Gasteiger partial charge in [0.05, 0.1) is 25.3 Å². The molecule has 0 spiro atoms. The van der Waals surface area contributed by atoms with Crippen LogP contribution in [0.4, 0.5) is 0 Å². The Kier molecular flexibility index (Phi) is 3.39. The Hall–Kier alpha value is -2.69. The molecule has 1 amide bonds. The van der Waals surface area contributed by atoms with Gasteiger partial charge in [-0.3, -0.25) is 4.79 Å². The lowest BCUT2D eigenvalue weighted by molar-refractivity contribution is 0.0751. The second kappa shape index (κ2) is 5.36. The van der Waals surface area contributed by atoms with Crippen LogP contribution in [0.1, 0.15) is 22.1 Å². The zero-order chi connectivity index (χ0) is 14.8. The van der Waals surface area contributed by atoms with Crippen molar-refractivity contribution in [1.29, 1.82) is 0 Å². The fourth-order valence-corrected chi connectivity index (χ4v) is 2.30. The van der Waals surface area contributed by atoms with Gasteiger partial charge in [0, 0.05) is 0 Å². The summed E-state index contributed by atoms with van der Waals surface area (Å²) in [6.07, 6.45) is -0.613. The number of ether oxygens (including phenoxy) is 3. The summed E-state index contributed by atoms with van der Waals surface area (Å²) in [4.78, 5) is 12.2. The molecule has 1 heterocycles. The highest BCUT2D eigenvalue weighted by atomic mass is 16.5. The third-order valence-corrected chi connectivity index (χ3v) is 3.36. The maximum absolute atomic E-state index is 12.2. The SMILES string of the molecule is COc1ccc(OC)c(C2NC(=O)c3ccccc3O2)c1. The van der Waals surface area contributed by atoms with E-state index >= 15 is 0 Å². The highest BCUT2D eigenvalue weighted by Gasteiger charge is 2.28. The maximum Gasteiger partial charge on any atom is 0.258 e. The standard InChI is InChI=1S/C16H15NO4/c1-19-10-7-8-13(20-2)12(9-10)16-17-15(18)11-5-3-4-6-14(11)21-16/h3-9,16H,1-2H3,(H,17,18). The number of hydrogen-bond donors (Lipinski definition) is 1. The van der Waals surface area contributed by atoms with Crippen LogP contribution >= 0.6 is 0 Å². The van der Waals surface area contributed by atoms with E-state index in [-0.39, 0.29) is 5.91 Å². The van der Waals surface area contributed by atoms with Crippen molar-refractivity contribution in [3.63, 3.8) is 0 Å². The van der Waals surface area contributed by atoms with Gasteiger partial charge in [-0.2, -0.15) is 0 Å². The number of para-hydroxylation sites is 1. The van der Waals surface area contributed by atoms with E-state index in [0.717, 1.165) is 0 Å². The third-order valence-electron chi connectivity index (χ3n) is 3.36. The molecule has 1 aliphatic heterocycles. The van der Waals surface area contributed by atoms with Crippen molar-refractivity contribution in [2.75, 3.05) is 14.2 Å². The molecule has 1 unspecified atom stereocenters. The minimum absolute atomic E-state index is 0.174. The van der Waals surface area contributed by atoms with Crippen molar-refractivity contribution in [1.82, 2.24) is 5.32 Å². The summed E-state index contributed by atoms with van der Waals surface area (Å²) in [5, 5.41) is 2.82. The minimum atomic E-state index is -0.613. The van der Waals surface area contributed by atoms with Gasteiger partial charge in [0.1, 0.15) is 17.2 Å². The average molecular weight is 285 g/mol. The lowest BCUT2D eigenvalue weighted by Gasteiger charge is -2.28. The van der Waals surface area contributed by atoms with Crippen molar-refractivity contribution < 1.29 is 19.0 Å². The maximum atomic E-state index is 12.2. The number of rotatable bonds is 3. The topological polar surface area (TPSA) is 56.8 Å². The first-order chi connectivity index (χ1) is 10.2. The number of fused-ring (bicyclic) bond motifs is 1. The van der Waals surface area contributed by atoms with E-state index < -0.39 is 6.23 Å². The Bertz CT molecular complexity index is 684. The number of methoxy groups -OCH3 is 2. The van der Waals surface area contributed by atoms with Gasteiger partial charge in [-0.1, -0.05) is 12.1 Å². The van der Waals surface area contributed by atoms with Gasteiger partial charge in [-0.05, 0) is 30.3 Å². The molecule has 5 nitrogen and oxygen atoms in total. The molecular formula is C16H15NO4. The zero-order valence-electron chi connectivity index (χ0n) is 11.8. The number of amides is 1. The molecule has 1 atom stereocenters. The summed E-state index contributed by atoms with van der Waals surface area (Å²) in [7, 11) is 3.16. The van der Waals surface area contributed by atoms with Crippen molar-refractivity contribution in [2.45, 2.75) is 6.23 Å². The van der Waals surface area contributed by atoms with E-state index in [1.165, 1.54) is 0 Å². The molecule has 108 valence electrons. The van der Waals surface area contributed by atoms with Gasteiger partial charge in [-0.25, -0.2) is 0 Å². The molecule has 0 saturated heterocycles. The van der Waals surface area contributed by atoms with Crippen LogP contribution in [0.2, 0.25) is 0 Å². The summed E-state index contributed by atoms with van der Waals surface area (Å²) in [5.74, 6) is 1.67. The van der Waals surface area contributed by atoms with Crippen LogP contribution in [-0.2, 0) is 0 Å². The summed E-state index contributed by atoms with van der Waals surface area (Å²) >= 11 is 0. The van der Waals surface area contributed by atoms with E-state index in [0.29, 0.717) is 28.4 Å². The van der Waals surface area contributed by atoms with Crippen LogP contribution in [0.3, 0.4) is 0 Å². The average Bonchev–Trinajstić information content (AvgIpc) is 2.54. The lowest BCUT2D eigenvalue weighted by Crippen LogP contribution is -2.36. The van der Waals surface area contributed by atoms with Gasteiger partial charge >= 0.3 is 0 Å². The monoisotopic (exact) mass is 285 g/mol. The number of carbonyl (C=O) groups is 1. The van der Waals surface area contributed by atoms with Gasteiger partial charge < -0.3 is 19.5 Å². The van der Waals surface area contributed by atoms with Crippen LogP contribution in [0.15, 0.2) is 42.5 Å². The normalized spacial score (nSPS) is 16.5. The highest BCUT2D eigenvalue weighted by molar-refractivity contribution is 5.98. The molecule has 1 N–H and O–H groups in total. The molecule has 0 aliphatic carbocycles. The molecule has 0 radical (unpaired) electrons. The molecule has 5 heteroatoms. The Morgan fingerprint density at radius 1 is 1.10 bits per heavy atom. The van der Waals surface area contributed by atoms with Crippen LogP contribution in [-0.4, -0.2) is 20.1 Å². The number of benzene rings is 2. The number of hydrogen-bond acceptors (Lipinski definition) is 4. The molecular weight excluding hydrogens is 270 g/mol. The first-order valence-electron chi connectivity index (χ1n) is 6.51. The van der Waals surface area contributed by atoms with E-state index in [1.807, 2.05) is 6.07 Å². The Morgan fingerprint density at radius 3 is 2.67 bits per heavy atom. The third kappa shape index (κ3) is 2.38. The largest absolute Gasteiger partial charge is 0.497 e. The fourth-order valence-electron chi connectivity index (χ4n) is 2.30. The predicted molar refractivity (Wildman–Crippen MR) is 76.8 cm³/mol. The quantitative estimate of drug-likeness (QED) is 0.941. The Morgan fingerprint density at radius 2 is 1.90 bits per heavy atom. The smallest absolute Gasteiger partial charge is 0.258 e. The summed E-state index contributed by atoms with van der Waals surface area (Å²) in [6.45, 7) is 0. The minimum Gasteiger partial charge on any atom is -0.497 e. The zero-order valence-corrected chi connectivity index (χ0v) is 11.8. The Balaban J connectivity index is 2.01. The molecule has 21 heavy (non-hydrogen) atoms. The molecule has 0 saturated carbocycles. The van der Waals surface area contributed by atoms with Crippen LogP contribution < -0.4 is 19.5 Å². The van der Waals surface area contributed by atoms with Gasteiger partial charge in [0.25, 0.3) is 5.91 Å². The molecule has 2 aromatic rings. The summed E-state index contributed by atoms with van der Waals surface area (Å²) < 4.78 is 16.4. The highest BCUT2D eigenvalue weighted by Crippen LogP contribution is 2.34. The van der Waals surface area contributed by atoms with Crippen LogP contribution in [0.5, 0.6) is 17.2 Å². The fraction of sp³-hybridized carbons (Fsp3) is 0.188. The molecule has 1 aliphatic rings. The van der Waals surface area contributed by atoms with E-state index in [4.69, 9.17) is 14.2 Å². The van der Waals surface area contributed by atoms with Gasteiger partial charge in [0.15, 0.2) is 0 Å². The molecule has 0 fully saturated rings. The molecule has 2 aromatic carbocycles. The molecule has 0 bridgehead atoms. The Labute approximate surface area is 122 Å². The number of carbonyl (C=O) groups excluding carboxylic acids is 1. The van der Waals surface area contributed by atoms with Crippen LogP contribution in [0, 0.1) is 0 Å². The first kappa shape index (κ1) is 13.3. The first-order valence-corrected chi connectivity index (χ1v) is 6.51. The van der Waals surface area contributed by atoms with Crippen molar-refractivity contribution in [2.24, 2.45) is 0 Å². The predicted octanol–water partition coefficient (Wildman–Crippen LogP) is 2.52. The second-order valence-corrected chi connectivity index (χ2v) is 4.58. The number of nitrogens with one attached hydrogen (secondary N) is 1. The van der Waals surface area contributed by atoms with Gasteiger partial charge in [-0.15, -0.1) is 0 Å². The second-order valence-electron chi connectivity index (χ2n) is 4.58. The van der Waals surface area contributed by atoms with Crippen molar-refractivity contribution >= 4 is 5.91 Å². The van der Waals surface area contributed by atoms with Crippen molar-refractivity contribution in [3.05, 3.63) is 53.6 Å². The lowest BCUT2D eigenvalue weighted by atomic mass is 10.1. The van der Waals surface area contributed by atoms with E-state index in [1.54, 1.807) is 50.6 Å². The van der Waals surface area contributed by atoms with E-state index in [9.17, 15) is 4.79 Å². The molecule has 3 rings (SSSR count). The summed E-state index contributed by atoms with van der Waals surface area (Å²) in [5.41, 5.74) is 1.23. The van der Waals surface area contributed by atoms with E-state index in [2.05, 4.69) is 5.32 Å². The molecule has 0 aromatic heterocycles. The van der Waals surface area contributed by atoms with Gasteiger partial charge in [0.2, 0.25) is 6.23 Å². The summed E-state index contributed by atoms with van der Waals surface area (Å²) in [6, 6.07) is 12.5. The van der Waals surface area contributed by atoms with Crippen LogP contribution in [0.25, 0.3) is 0 Å². The van der Waals surface area contributed by atoms with Crippen molar-refractivity contribution in [3.8, 4) is 17.2 Å².